The van der Waals surface area contributed by atoms with Crippen molar-refractivity contribution in [3.8, 4) is 0 Å². The van der Waals surface area contributed by atoms with Gasteiger partial charge in [-0.25, -0.2) is 4.98 Å². The molecule has 0 saturated heterocycles. The number of nitrogens with two attached hydrogens (primary N) is 1. The van der Waals surface area contributed by atoms with E-state index in [0.717, 1.165) is 16.7 Å². The molecule has 0 fully saturated rings. The van der Waals surface area contributed by atoms with Gasteiger partial charge in [-0.15, -0.1) is 0 Å². The van der Waals surface area contributed by atoms with Gasteiger partial charge in [-0.2, -0.15) is 0 Å². The predicted octanol–water partition coefficient (Wildman–Crippen LogP) is 3.39. The Bertz CT molecular complexity index is 670. The van der Waals surface area contributed by atoms with Crippen LogP contribution in [0.15, 0.2) is 30.3 Å². The van der Waals surface area contributed by atoms with Crippen LogP contribution < -0.4 is 10.6 Å². The summed E-state index contributed by atoms with van der Waals surface area (Å²) in [5.41, 5.74) is 7.49. The maximum atomic E-state index is 7.85. The standard InChI is InChI=1S/C17H24N4/c1-11(17(2,3)4)21(5)16-13(15(18)19)10-12-8-6-7-9-14(12)20-16/h6-11H,1-5H3,(H3,18,19). The summed E-state index contributed by atoms with van der Waals surface area (Å²) in [5.74, 6) is 0.819. The molecule has 0 bridgehead atoms. The van der Waals surface area contributed by atoms with Crippen molar-refractivity contribution in [3.63, 3.8) is 0 Å². The molecule has 112 valence electrons. The Morgan fingerprint density at radius 1 is 1.29 bits per heavy atom. The van der Waals surface area contributed by atoms with Crippen molar-refractivity contribution >= 4 is 22.6 Å². The highest BCUT2D eigenvalue weighted by Gasteiger charge is 2.26. The van der Waals surface area contributed by atoms with E-state index in [4.69, 9.17) is 16.1 Å². The average molecular weight is 284 g/mol. The quantitative estimate of drug-likeness (QED) is 0.670. The first-order valence-corrected chi connectivity index (χ1v) is 7.19. The number of benzene rings is 1. The fourth-order valence-corrected chi connectivity index (χ4v) is 2.34. The van der Waals surface area contributed by atoms with Gasteiger partial charge in [0.25, 0.3) is 0 Å². The van der Waals surface area contributed by atoms with Crippen LogP contribution >= 0.6 is 0 Å². The molecule has 4 heteroatoms. The number of pyridine rings is 1. The molecule has 1 aromatic carbocycles. The lowest BCUT2D eigenvalue weighted by atomic mass is 9.87. The third-order valence-corrected chi connectivity index (χ3v) is 4.16. The monoisotopic (exact) mass is 284 g/mol. The summed E-state index contributed by atoms with van der Waals surface area (Å²) in [5, 5.41) is 8.86. The number of aromatic nitrogens is 1. The largest absolute Gasteiger partial charge is 0.384 e. The lowest BCUT2D eigenvalue weighted by Crippen LogP contribution is -2.40. The van der Waals surface area contributed by atoms with Crippen LogP contribution in [-0.4, -0.2) is 23.9 Å². The summed E-state index contributed by atoms with van der Waals surface area (Å²) >= 11 is 0. The van der Waals surface area contributed by atoms with Gasteiger partial charge in [0.15, 0.2) is 0 Å². The minimum absolute atomic E-state index is 0.0520. The van der Waals surface area contributed by atoms with E-state index in [-0.39, 0.29) is 17.3 Å². The van der Waals surface area contributed by atoms with E-state index in [9.17, 15) is 0 Å². The van der Waals surface area contributed by atoms with Gasteiger partial charge in [-0.05, 0) is 24.5 Å². The van der Waals surface area contributed by atoms with Gasteiger partial charge >= 0.3 is 0 Å². The highest BCUT2D eigenvalue weighted by Crippen LogP contribution is 2.29. The van der Waals surface area contributed by atoms with E-state index in [1.807, 2.05) is 37.4 Å². The maximum Gasteiger partial charge on any atom is 0.140 e. The van der Waals surface area contributed by atoms with E-state index in [1.54, 1.807) is 0 Å². The Morgan fingerprint density at radius 2 is 1.90 bits per heavy atom. The Labute approximate surface area is 126 Å². The van der Waals surface area contributed by atoms with Crippen LogP contribution in [0.1, 0.15) is 33.3 Å². The number of nitrogens with zero attached hydrogens (tertiary/aromatic N) is 2. The molecule has 0 spiro atoms. The zero-order chi connectivity index (χ0) is 15.8. The molecular weight excluding hydrogens is 260 g/mol. The second-order valence-electron chi connectivity index (χ2n) is 6.62. The van der Waals surface area contributed by atoms with Gasteiger partial charge in [0.1, 0.15) is 11.7 Å². The van der Waals surface area contributed by atoms with E-state index in [2.05, 4.69) is 32.6 Å². The fraction of sp³-hybridized carbons (Fsp3) is 0.412. The molecule has 0 radical (unpaired) electrons. The Morgan fingerprint density at radius 3 is 2.48 bits per heavy atom. The van der Waals surface area contributed by atoms with E-state index < -0.39 is 0 Å². The molecule has 1 atom stereocenters. The first-order valence-electron chi connectivity index (χ1n) is 7.19. The number of nitrogen functional groups attached to an aromatic ring is 1. The summed E-state index contributed by atoms with van der Waals surface area (Å²) in [6.07, 6.45) is 0. The molecule has 1 unspecified atom stereocenters. The zero-order valence-electron chi connectivity index (χ0n) is 13.4. The lowest BCUT2D eigenvalue weighted by Gasteiger charge is -2.37. The molecule has 0 aliphatic rings. The molecule has 21 heavy (non-hydrogen) atoms. The summed E-state index contributed by atoms with van der Waals surface area (Å²) in [4.78, 5) is 6.85. The molecule has 1 aromatic heterocycles. The molecular formula is C17H24N4. The first-order chi connectivity index (χ1) is 9.71. The van der Waals surface area contributed by atoms with Gasteiger partial charge in [-0.1, -0.05) is 39.0 Å². The molecule has 2 aromatic rings. The van der Waals surface area contributed by atoms with Gasteiger partial charge in [-0.3, -0.25) is 5.41 Å². The highest BCUT2D eigenvalue weighted by atomic mass is 15.2. The van der Waals surface area contributed by atoms with Crippen molar-refractivity contribution in [2.45, 2.75) is 33.7 Å². The summed E-state index contributed by atoms with van der Waals surface area (Å²) in [7, 11) is 2.01. The van der Waals surface area contributed by atoms with Crippen molar-refractivity contribution < 1.29 is 0 Å². The first kappa shape index (κ1) is 15.3. The Hall–Kier alpha value is -2.10. The average Bonchev–Trinajstić information content (AvgIpc) is 2.43. The van der Waals surface area contributed by atoms with Crippen molar-refractivity contribution in [2.75, 3.05) is 11.9 Å². The number of nitrogens with one attached hydrogen (secondary N) is 1. The van der Waals surface area contributed by atoms with Crippen LogP contribution in [0, 0.1) is 10.8 Å². The molecule has 0 amide bonds. The van der Waals surface area contributed by atoms with Crippen molar-refractivity contribution in [1.29, 1.82) is 5.41 Å². The minimum Gasteiger partial charge on any atom is -0.384 e. The lowest BCUT2D eigenvalue weighted by molar-refractivity contribution is 0.328. The topological polar surface area (TPSA) is 66.0 Å². The third kappa shape index (κ3) is 2.99. The number of hydrogen-bond acceptors (Lipinski definition) is 3. The zero-order valence-corrected chi connectivity index (χ0v) is 13.4. The van der Waals surface area contributed by atoms with E-state index in [1.165, 1.54) is 0 Å². The van der Waals surface area contributed by atoms with Crippen LogP contribution in [0.25, 0.3) is 10.9 Å². The second kappa shape index (κ2) is 5.35. The smallest absolute Gasteiger partial charge is 0.140 e. The van der Waals surface area contributed by atoms with Crippen LogP contribution in [-0.2, 0) is 0 Å². The highest BCUT2D eigenvalue weighted by molar-refractivity contribution is 6.03. The van der Waals surface area contributed by atoms with Gasteiger partial charge in [0.2, 0.25) is 0 Å². The molecule has 0 saturated carbocycles. The summed E-state index contributed by atoms with van der Waals surface area (Å²) < 4.78 is 0. The number of para-hydroxylation sites is 1. The molecule has 0 aliphatic carbocycles. The number of hydrogen-bond donors (Lipinski definition) is 2. The van der Waals surface area contributed by atoms with E-state index in [0.29, 0.717) is 5.56 Å². The van der Waals surface area contributed by atoms with Crippen molar-refractivity contribution in [3.05, 3.63) is 35.9 Å². The van der Waals surface area contributed by atoms with Crippen LogP contribution in [0.2, 0.25) is 0 Å². The van der Waals surface area contributed by atoms with Crippen LogP contribution in [0.5, 0.6) is 0 Å². The van der Waals surface area contributed by atoms with Crippen molar-refractivity contribution in [2.24, 2.45) is 11.1 Å². The second-order valence-corrected chi connectivity index (χ2v) is 6.62. The third-order valence-electron chi connectivity index (χ3n) is 4.16. The van der Waals surface area contributed by atoms with Gasteiger partial charge in [0.05, 0.1) is 11.1 Å². The Balaban J connectivity index is 2.60. The van der Waals surface area contributed by atoms with Gasteiger partial charge in [0, 0.05) is 18.5 Å². The van der Waals surface area contributed by atoms with Gasteiger partial charge < -0.3 is 10.6 Å². The van der Waals surface area contributed by atoms with E-state index >= 15 is 0 Å². The molecule has 1 heterocycles. The van der Waals surface area contributed by atoms with Crippen LogP contribution in [0.3, 0.4) is 0 Å². The summed E-state index contributed by atoms with van der Waals surface area (Å²) in [6.45, 7) is 8.76. The number of amidine groups is 1. The Kier molecular flexibility index (Phi) is 3.90. The minimum atomic E-state index is 0.0520. The fourth-order valence-electron chi connectivity index (χ4n) is 2.34. The summed E-state index contributed by atoms with van der Waals surface area (Å²) in [6, 6.07) is 10.1. The SMILES string of the molecule is CC(N(C)c1nc2ccccc2cc1C(=N)N)C(C)(C)C. The number of rotatable bonds is 3. The number of fused-ring (bicyclic) bond motifs is 1. The van der Waals surface area contributed by atoms with Crippen LogP contribution in [0.4, 0.5) is 5.82 Å². The molecule has 2 rings (SSSR count). The normalized spacial score (nSPS) is 13.2. The molecule has 4 nitrogen and oxygen atoms in total. The number of anilines is 1. The molecule has 0 aliphatic heterocycles. The molecule has 3 N–H and O–H groups in total. The maximum absolute atomic E-state index is 7.85. The van der Waals surface area contributed by atoms with Crippen molar-refractivity contribution in [1.82, 2.24) is 4.98 Å². The predicted molar refractivity (Wildman–Crippen MR) is 90.1 cm³/mol.